The number of rotatable bonds is 1. The summed E-state index contributed by atoms with van der Waals surface area (Å²) in [5, 5.41) is 9.11. The van der Waals surface area contributed by atoms with E-state index in [1.165, 1.54) is 0 Å². The lowest BCUT2D eigenvalue weighted by atomic mass is 10.2. The highest BCUT2D eigenvalue weighted by Gasteiger charge is 2.22. The van der Waals surface area contributed by atoms with E-state index in [0.717, 1.165) is 18.7 Å². The van der Waals surface area contributed by atoms with Gasteiger partial charge in [0.1, 0.15) is 12.0 Å². The molecule has 3 nitrogen and oxygen atoms in total. The summed E-state index contributed by atoms with van der Waals surface area (Å²) in [6.45, 7) is 1.74. The minimum atomic E-state index is 0.0561. The fourth-order valence-electron chi connectivity index (χ4n) is 1.54. The molecular formula is C10H13NO2. The van der Waals surface area contributed by atoms with Crippen LogP contribution in [0.4, 0.5) is 0 Å². The highest BCUT2D eigenvalue weighted by atomic mass is 16.5. The van der Waals surface area contributed by atoms with E-state index in [2.05, 4.69) is 4.90 Å². The molecule has 2 rings (SSSR count). The van der Waals surface area contributed by atoms with Crippen molar-refractivity contribution in [1.82, 2.24) is 4.90 Å². The second-order valence-electron chi connectivity index (χ2n) is 3.30. The van der Waals surface area contributed by atoms with E-state index in [4.69, 9.17) is 9.84 Å². The number of hydrogen-bond donors (Lipinski definition) is 1. The zero-order valence-corrected chi connectivity index (χ0v) is 7.60. The summed E-state index contributed by atoms with van der Waals surface area (Å²) in [4.78, 5) is 2.15. The molecule has 1 atom stereocenters. The number of phenolic OH excluding ortho intramolecular Hbond substituents is 1. The molecule has 0 aromatic heterocycles. The Hall–Kier alpha value is -1.06. The van der Waals surface area contributed by atoms with Crippen molar-refractivity contribution in [2.75, 3.05) is 20.2 Å². The zero-order valence-electron chi connectivity index (χ0n) is 7.60. The van der Waals surface area contributed by atoms with Gasteiger partial charge in [-0.05, 0) is 24.7 Å². The summed E-state index contributed by atoms with van der Waals surface area (Å²) in [5.74, 6) is 0.296. The molecule has 1 aromatic rings. The van der Waals surface area contributed by atoms with Gasteiger partial charge in [-0.2, -0.15) is 0 Å². The van der Waals surface area contributed by atoms with Crippen LogP contribution in [0.15, 0.2) is 24.3 Å². The van der Waals surface area contributed by atoms with E-state index in [1.54, 1.807) is 12.1 Å². The first-order valence-corrected chi connectivity index (χ1v) is 4.38. The third-order valence-electron chi connectivity index (χ3n) is 2.30. The van der Waals surface area contributed by atoms with Gasteiger partial charge in [-0.15, -0.1) is 0 Å². The molecule has 3 heteroatoms. The van der Waals surface area contributed by atoms with Crippen LogP contribution in [0.25, 0.3) is 0 Å². The summed E-state index contributed by atoms with van der Waals surface area (Å²) in [6.07, 6.45) is 0.0561. The Bertz CT molecular complexity index is 283. The van der Waals surface area contributed by atoms with Crippen LogP contribution < -0.4 is 0 Å². The van der Waals surface area contributed by atoms with Crippen LogP contribution in [-0.4, -0.2) is 30.2 Å². The maximum atomic E-state index is 9.11. The smallest absolute Gasteiger partial charge is 0.136 e. The van der Waals surface area contributed by atoms with Crippen molar-refractivity contribution in [2.24, 2.45) is 0 Å². The second-order valence-corrected chi connectivity index (χ2v) is 3.30. The number of likely N-dealkylation sites (N-methyl/N-ethyl adjacent to an activating group) is 1. The monoisotopic (exact) mass is 179 g/mol. The SMILES string of the molecule is CN1CCOC1c1ccc(O)cc1. The summed E-state index contributed by atoms with van der Waals surface area (Å²) >= 11 is 0. The number of benzene rings is 1. The van der Waals surface area contributed by atoms with Crippen molar-refractivity contribution in [3.8, 4) is 5.75 Å². The van der Waals surface area contributed by atoms with Gasteiger partial charge in [0.05, 0.1) is 6.61 Å². The molecule has 0 saturated carbocycles. The Morgan fingerprint density at radius 3 is 2.62 bits per heavy atom. The number of ether oxygens (including phenoxy) is 1. The molecule has 1 aromatic carbocycles. The molecule has 1 fully saturated rings. The Morgan fingerprint density at radius 1 is 1.38 bits per heavy atom. The van der Waals surface area contributed by atoms with Gasteiger partial charge < -0.3 is 9.84 Å². The van der Waals surface area contributed by atoms with E-state index in [-0.39, 0.29) is 6.23 Å². The number of nitrogens with zero attached hydrogens (tertiary/aromatic N) is 1. The van der Waals surface area contributed by atoms with Crippen molar-refractivity contribution in [3.05, 3.63) is 29.8 Å². The minimum Gasteiger partial charge on any atom is -0.508 e. The van der Waals surface area contributed by atoms with E-state index in [1.807, 2.05) is 19.2 Å². The molecule has 0 aliphatic carbocycles. The summed E-state index contributed by atoms with van der Waals surface area (Å²) in [5.41, 5.74) is 1.10. The quantitative estimate of drug-likeness (QED) is 0.706. The highest BCUT2D eigenvalue weighted by molar-refractivity contribution is 5.27. The van der Waals surface area contributed by atoms with E-state index >= 15 is 0 Å². The average molecular weight is 179 g/mol. The molecular weight excluding hydrogens is 166 g/mol. The van der Waals surface area contributed by atoms with E-state index in [9.17, 15) is 0 Å². The zero-order chi connectivity index (χ0) is 9.26. The average Bonchev–Trinajstić information content (AvgIpc) is 2.53. The van der Waals surface area contributed by atoms with Gasteiger partial charge in [0.15, 0.2) is 0 Å². The lowest BCUT2D eigenvalue weighted by molar-refractivity contribution is 0.0453. The van der Waals surface area contributed by atoms with Gasteiger partial charge >= 0.3 is 0 Å². The fraction of sp³-hybridized carbons (Fsp3) is 0.400. The van der Waals surface area contributed by atoms with Crippen LogP contribution in [0.3, 0.4) is 0 Å². The van der Waals surface area contributed by atoms with Gasteiger partial charge in [-0.3, -0.25) is 4.90 Å². The summed E-state index contributed by atoms with van der Waals surface area (Å²) in [6, 6.07) is 7.15. The molecule has 0 bridgehead atoms. The number of phenols is 1. The standard InChI is InChI=1S/C10H13NO2/c1-11-6-7-13-10(11)8-2-4-9(12)5-3-8/h2-5,10,12H,6-7H2,1H3. The van der Waals surface area contributed by atoms with Crippen LogP contribution >= 0.6 is 0 Å². The molecule has 1 heterocycles. The summed E-state index contributed by atoms with van der Waals surface area (Å²) in [7, 11) is 2.03. The first kappa shape index (κ1) is 8.53. The van der Waals surface area contributed by atoms with Crippen LogP contribution in [0.1, 0.15) is 11.8 Å². The molecule has 1 aliphatic rings. The maximum absolute atomic E-state index is 9.11. The van der Waals surface area contributed by atoms with Gasteiger partial charge in [0, 0.05) is 6.54 Å². The molecule has 0 spiro atoms. The van der Waals surface area contributed by atoms with Crippen LogP contribution in [0.5, 0.6) is 5.75 Å². The Morgan fingerprint density at radius 2 is 2.08 bits per heavy atom. The van der Waals surface area contributed by atoms with Gasteiger partial charge in [-0.1, -0.05) is 12.1 Å². The van der Waals surface area contributed by atoms with Crippen LogP contribution in [0.2, 0.25) is 0 Å². The first-order chi connectivity index (χ1) is 6.27. The van der Waals surface area contributed by atoms with E-state index < -0.39 is 0 Å². The molecule has 1 saturated heterocycles. The van der Waals surface area contributed by atoms with Crippen LogP contribution in [-0.2, 0) is 4.74 Å². The molecule has 70 valence electrons. The molecule has 1 unspecified atom stereocenters. The first-order valence-electron chi connectivity index (χ1n) is 4.38. The summed E-state index contributed by atoms with van der Waals surface area (Å²) < 4.78 is 5.54. The van der Waals surface area contributed by atoms with Gasteiger partial charge in [-0.25, -0.2) is 0 Å². The molecule has 1 N–H and O–H groups in total. The molecule has 0 amide bonds. The third kappa shape index (κ3) is 1.66. The van der Waals surface area contributed by atoms with Crippen molar-refractivity contribution < 1.29 is 9.84 Å². The lowest BCUT2D eigenvalue weighted by Crippen LogP contribution is -2.18. The van der Waals surface area contributed by atoms with Crippen LogP contribution in [0, 0.1) is 0 Å². The lowest BCUT2D eigenvalue weighted by Gasteiger charge is -2.17. The van der Waals surface area contributed by atoms with Crippen molar-refractivity contribution in [3.63, 3.8) is 0 Å². The predicted molar refractivity (Wildman–Crippen MR) is 49.4 cm³/mol. The molecule has 1 aliphatic heterocycles. The Labute approximate surface area is 77.6 Å². The largest absolute Gasteiger partial charge is 0.508 e. The van der Waals surface area contributed by atoms with Gasteiger partial charge in [0.2, 0.25) is 0 Å². The van der Waals surface area contributed by atoms with Gasteiger partial charge in [0.25, 0.3) is 0 Å². The second kappa shape index (κ2) is 3.36. The number of hydrogen-bond acceptors (Lipinski definition) is 3. The maximum Gasteiger partial charge on any atom is 0.136 e. The Balaban J connectivity index is 2.20. The topological polar surface area (TPSA) is 32.7 Å². The minimum absolute atomic E-state index is 0.0561. The van der Waals surface area contributed by atoms with Crippen molar-refractivity contribution in [2.45, 2.75) is 6.23 Å². The van der Waals surface area contributed by atoms with Crippen molar-refractivity contribution in [1.29, 1.82) is 0 Å². The molecule has 13 heavy (non-hydrogen) atoms. The fourth-order valence-corrected chi connectivity index (χ4v) is 1.54. The molecule has 0 radical (unpaired) electrons. The van der Waals surface area contributed by atoms with E-state index in [0.29, 0.717) is 5.75 Å². The Kier molecular flexibility index (Phi) is 2.20. The third-order valence-corrected chi connectivity index (χ3v) is 2.30. The van der Waals surface area contributed by atoms with Crippen molar-refractivity contribution >= 4 is 0 Å². The normalized spacial score (nSPS) is 23.6. The number of aromatic hydroxyl groups is 1. The predicted octanol–water partition coefficient (Wildman–Crippen LogP) is 1.35. The highest BCUT2D eigenvalue weighted by Crippen LogP contribution is 2.25.